The molecular weight excluding hydrogens is 365 g/mol. The Morgan fingerprint density at radius 2 is 1.70 bits per heavy atom. The molecule has 0 heterocycles. The maximum Gasteiger partial charge on any atom is 0.573 e. The van der Waals surface area contributed by atoms with Gasteiger partial charge in [-0.15, -0.1) is 13.2 Å². The lowest BCUT2D eigenvalue weighted by atomic mass is 10.00. The Bertz CT molecular complexity index is 813. The highest BCUT2D eigenvalue weighted by atomic mass is 19.4. The fourth-order valence-corrected chi connectivity index (χ4v) is 2.36. The van der Waals surface area contributed by atoms with E-state index in [-0.39, 0.29) is 41.4 Å². The molecule has 0 atom stereocenters. The summed E-state index contributed by atoms with van der Waals surface area (Å²) in [6.45, 7) is 1.86. The van der Waals surface area contributed by atoms with Gasteiger partial charge in [0, 0.05) is 6.42 Å². The van der Waals surface area contributed by atoms with Crippen LogP contribution in [0.15, 0.2) is 42.5 Å². The van der Waals surface area contributed by atoms with Crippen LogP contribution in [0.1, 0.15) is 33.2 Å². The number of ether oxygens (including phenoxy) is 3. The van der Waals surface area contributed by atoms with Gasteiger partial charge in [-0.25, -0.2) is 4.79 Å². The number of hydrogen-bond donors (Lipinski definition) is 0. The fraction of sp³-hybridized carbons (Fsp3) is 0.263. The number of methoxy groups -OCH3 is 1. The zero-order chi connectivity index (χ0) is 20.0. The topological polar surface area (TPSA) is 61.8 Å². The highest BCUT2D eigenvalue weighted by Gasteiger charge is 2.31. The minimum absolute atomic E-state index is 0.0884. The van der Waals surface area contributed by atoms with Crippen molar-refractivity contribution in [1.29, 1.82) is 0 Å². The first-order valence-corrected chi connectivity index (χ1v) is 7.96. The van der Waals surface area contributed by atoms with Crippen LogP contribution in [0.4, 0.5) is 13.2 Å². The van der Waals surface area contributed by atoms with Crippen LogP contribution in [0.2, 0.25) is 0 Å². The largest absolute Gasteiger partial charge is 0.573 e. The number of ketones is 1. The molecule has 0 saturated carbocycles. The van der Waals surface area contributed by atoms with E-state index in [1.165, 1.54) is 37.4 Å². The number of rotatable bonds is 7. The van der Waals surface area contributed by atoms with Crippen molar-refractivity contribution in [3.63, 3.8) is 0 Å². The van der Waals surface area contributed by atoms with Crippen LogP contribution >= 0.6 is 0 Å². The molecule has 0 aromatic heterocycles. The molecule has 0 fully saturated rings. The van der Waals surface area contributed by atoms with E-state index in [0.29, 0.717) is 5.56 Å². The Morgan fingerprint density at radius 3 is 2.26 bits per heavy atom. The van der Waals surface area contributed by atoms with Gasteiger partial charge >= 0.3 is 12.3 Å². The average molecular weight is 382 g/mol. The van der Waals surface area contributed by atoms with Crippen molar-refractivity contribution < 1.29 is 37.0 Å². The van der Waals surface area contributed by atoms with E-state index < -0.39 is 12.3 Å². The second-order valence-corrected chi connectivity index (χ2v) is 5.43. The van der Waals surface area contributed by atoms with Gasteiger partial charge < -0.3 is 14.2 Å². The third-order valence-corrected chi connectivity index (χ3v) is 3.53. The molecule has 8 heteroatoms. The van der Waals surface area contributed by atoms with Gasteiger partial charge in [-0.3, -0.25) is 4.79 Å². The molecule has 0 spiro atoms. The number of esters is 1. The summed E-state index contributed by atoms with van der Waals surface area (Å²) in [4.78, 5) is 24.4. The normalized spacial score (nSPS) is 11.0. The van der Waals surface area contributed by atoms with Crippen LogP contribution in [-0.4, -0.2) is 31.8 Å². The van der Waals surface area contributed by atoms with Crippen LogP contribution in [0.25, 0.3) is 0 Å². The molecule has 0 aliphatic heterocycles. The summed E-state index contributed by atoms with van der Waals surface area (Å²) in [5, 5.41) is 0. The van der Waals surface area contributed by atoms with Crippen molar-refractivity contribution in [3.8, 4) is 11.5 Å². The van der Waals surface area contributed by atoms with E-state index in [2.05, 4.69) is 4.74 Å². The van der Waals surface area contributed by atoms with Crippen LogP contribution in [0, 0.1) is 0 Å². The minimum Gasteiger partial charge on any atom is -0.496 e. The van der Waals surface area contributed by atoms with Gasteiger partial charge in [0.25, 0.3) is 0 Å². The van der Waals surface area contributed by atoms with Gasteiger partial charge in [0.05, 0.1) is 24.8 Å². The van der Waals surface area contributed by atoms with E-state index >= 15 is 0 Å². The molecule has 0 aliphatic carbocycles. The van der Waals surface area contributed by atoms with Crippen molar-refractivity contribution >= 4 is 11.8 Å². The van der Waals surface area contributed by atoms with Gasteiger partial charge in [-0.1, -0.05) is 12.1 Å². The van der Waals surface area contributed by atoms with Gasteiger partial charge in [-0.2, -0.15) is 0 Å². The molecule has 2 rings (SSSR count). The number of alkyl halides is 3. The molecule has 0 aliphatic rings. The van der Waals surface area contributed by atoms with Crippen LogP contribution in [-0.2, 0) is 11.2 Å². The smallest absolute Gasteiger partial charge is 0.496 e. The first-order chi connectivity index (χ1) is 12.7. The molecule has 0 N–H and O–H groups in total. The molecule has 2 aromatic carbocycles. The average Bonchev–Trinajstić information content (AvgIpc) is 2.61. The van der Waals surface area contributed by atoms with Crippen molar-refractivity contribution in [2.45, 2.75) is 19.7 Å². The third-order valence-electron chi connectivity index (χ3n) is 3.53. The van der Waals surface area contributed by atoms with Crippen LogP contribution in [0.3, 0.4) is 0 Å². The molecule has 144 valence electrons. The SMILES string of the molecule is CCOC(=O)c1ccc(OC)c(C(=O)Cc2ccc(OC(F)(F)F)cc2)c1. The van der Waals surface area contributed by atoms with Gasteiger partial charge in [0.15, 0.2) is 5.78 Å². The highest BCUT2D eigenvalue weighted by Crippen LogP contribution is 2.25. The number of carbonyl (C=O) groups excluding carboxylic acids is 2. The van der Waals surface area contributed by atoms with E-state index in [4.69, 9.17) is 9.47 Å². The van der Waals surface area contributed by atoms with E-state index in [1.54, 1.807) is 6.92 Å². The predicted molar refractivity (Wildman–Crippen MR) is 90.1 cm³/mol. The summed E-state index contributed by atoms with van der Waals surface area (Å²) in [7, 11) is 1.39. The Labute approximate surface area is 153 Å². The summed E-state index contributed by atoms with van der Waals surface area (Å²) < 4.78 is 50.4. The maximum absolute atomic E-state index is 12.6. The third kappa shape index (κ3) is 5.73. The van der Waals surface area contributed by atoms with Crippen molar-refractivity contribution in [2.24, 2.45) is 0 Å². The maximum atomic E-state index is 12.6. The molecule has 2 aromatic rings. The standard InChI is InChI=1S/C19H17F3O5/c1-3-26-18(24)13-6-9-17(25-2)15(11-13)16(23)10-12-4-7-14(8-5-12)27-19(20,21)22/h4-9,11H,3,10H2,1-2H3. The van der Waals surface area contributed by atoms with Gasteiger partial charge in [-0.05, 0) is 42.8 Å². The van der Waals surface area contributed by atoms with Crippen LogP contribution < -0.4 is 9.47 Å². The lowest BCUT2D eigenvalue weighted by Gasteiger charge is -2.11. The molecular formula is C19H17F3O5. The summed E-state index contributed by atoms with van der Waals surface area (Å²) in [6.07, 6.45) is -4.87. The summed E-state index contributed by atoms with van der Waals surface area (Å²) in [5.41, 5.74) is 0.867. The van der Waals surface area contributed by atoms with Crippen LogP contribution in [0.5, 0.6) is 11.5 Å². The minimum atomic E-state index is -4.78. The Kier molecular flexibility index (Phi) is 6.44. The predicted octanol–water partition coefficient (Wildman–Crippen LogP) is 4.20. The van der Waals surface area contributed by atoms with Crippen molar-refractivity contribution in [3.05, 3.63) is 59.2 Å². The molecule has 0 bridgehead atoms. The zero-order valence-electron chi connectivity index (χ0n) is 14.6. The first kappa shape index (κ1) is 20.3. The lowest BCUT2D eigenvalue weighted by Crippen LogP contribution is -2.17. The summed E-state index contributed by atoms with van der Waals surface area (Å²) in [6, 6.07) is 9.32. The number of halogens is 3. The quantitative estimate of drug-likeness (QED) is 0.531. The number of benzene rings is 2. The molecule has 5 nitrogen and oxygen atoms in total. The number of hydrogen-bond acceptors (Lipinski definition) is 5. The second-order valence-electron chi connectivity index (χ2n) is 5.43. The van der Waals surface area contributed by atoms with Gasteiger partial charge in [0.2, 0.25) is 0 Å². The summed E-state index contributed by atoms with van der Waals surface area (Å²) >= 11 is 0. The number of Topliss-reactive ketones (excluding diaryl/α,β-unsaturated/α-hetero) is 1. The fourth-order valence-electron chi connectivity index (χ4n) is 2.36. The van der Waals surface area contributed by atoms with E-state index in [9.17, 15) is 22.8 Å². The Balaban J connectivity index is 2.19. The van der Waals surface area contributed by atoms with Crippen molar-refractivity contribution in [2.75, 3.05) is 13.7 Å². The molecule has 0 saturated heterocycles. The zero-order valence-corrected chi connectivity index (χ0v) is 14.6. The molecule has 27 heavy (non-hydrogen) atoms. The Hall–Kier alpha value is -3.03. The monoisotopic (exact) mass is 382 g/mol. The van der Waals surface area contributed by atoms with E-state index in [1.807, 2.05) is 0 Å². The Morgan fingerprint density at radius 1 is 1.04 bits per heavy atom. The second kappa shape index (κ2) is 8.57. The van der Waals surface area contributed by atoms with Gasteiger partial charge in [0.1, 0.15) is 11.5 Å². The molecule has 0 amide bonds. The number of carbonyl (C=O) groups is 2. The highest BCUT2D eigenvalue weighted by molar-refractivity contribution is 6.02. The van der Waals surface area contributed by atoms with Crippen molar-refractivity contribution in [1.82, 2.24) is 0 Å². The lowest BCUT2D eigenvalue weighted by molar-refractivity contribution is -0.274. The molecule has 0 unspecified atom stereocenters. The first-order valence-electron chi connectivity index (χ1n) is 7.96. The summed E-state index contributed by atoms with van der Waals surface area (Å²) in [5.74, 6) is -1.02. The van der Waals surface area contributed by atoms with E-state index in [0.717, 1.165) is 12.1 Å². The molecule has 0 radical (unpaired) electrons.